The Bertz CT molecular complexity index is 1230. The van der Waals surface area contributed by atoms with E-state index in [2.05, 4.69) is 4.98 Å². The molecule has 1 aromatic heterocycles. The van der Waals surface area contributed by atoms with Crippen LogP contribution in [0, 0.1) is 6.92 Å². The number of ether oxygens (including phenoxy) is 1. The molecule has 4 rings (SSSR count). The Kier molecular flexibility index (Phi) is 5.99. The van der Waals surface area contributed by atoms with Gasteiger partial charge in [-0.25, -0.2) is 9.97 Å². The third-order valence-corrected chi connectivity index (χ3v) is 4.77. The van der Waals surface area contributed by atoms with Gasteiger partial charge in [0.1, 0.15) is 11.5 Å². The van der Waals surface area contributed by atoms with Crippen molar-refractivity contribution in [2.24, 2.45) is 0 Å². The minimum absolute atomic E-state index is 0.0690. The van der Waals surface area contributed by atoms with E-state index in [4.69, 9.17) is 9.72 Å². The number of Topliss-reactive ketones (excluding diaryl/α,β-unsaturated/α-hetero) is 1. The smallest absolute Gasteiger partial charge is 0.163 e. The fourth-order valence-corrected chi connectivity index (χ4v) is 3.37. The van der Waals surface area contributed by atoms with E-state index < -0.39 is 0 Å². The Hall–Kier alpha value is -4.05. The lowest BCUT2D eigenvalue weighted by Gasteiger charge is -2.12. The van der Waals surface area contributed by atoms with E-state index in [1.807, 2.05) is 104 Å². The van der Waals surface area contributed by atoms with Gasteiger partial charge in [-0.1, -0.05) is 66.7 Å². The van der Waals surface area contributed by atoms with Gasteiger partial charge in [0.05, 0.1) is 17.0 Å². The van der Waals surface area contributed by atoms with Crippen LogP contribution in [0.25, 0.3) is 23.4 Å². The van der Waals surface area contributed by atoms with E-state index >= 15 is 0 Å². The number of rotatable bonds is 6. The maximum absolute atomic E-state index is 12.4. The number of nitrogens with zero attached hydrogens (tertiary/aromatic N) is 2. The summed E-state index contributed by atoms with van der Waals surface area (Å²) >= 11 is 0. The Morgan fingerprint density at radius 3 is 2.19 bits per heavy atom. The van der Waals surface area contributed by atoms with Gasteiger partial charge in [-0.3, -0.25) is 4.79 Å². The highest BCUT2D eigenvalue weighted by Gasteiger charge is 2.17. The Morgan fingerprint density at radius 1 is 0.806 bits per heavy atom. The molecule has 4 heteroatoms. The third-order valence-electron chi connectivity index (χ3n) is 4.77. The van der Waals surface area contributed by atoms with E-state index in [0.29, 0.717) is 28.5 Å². The van der Waals surface area contributed by atoms with Gasteiger partial charge >= 0.3 is 0 Å². The minimum atomic E-state index is -0.0690. The first kappa shape index (κ1) is 20.2. The van der Waals surface area contributed by atoms with Crippen LogP contribution in [0.15, 0.2) is 84.9 Å². The number of carbonyl (C=O) groups is 1. The van der Waals surface area contributed by atoms with Crippen molar-refractivity contribution in [2.75, 3.05) is 0 Å². The van der Waals surface area contributed by atoms with Crippen molar-refractivity contribution in [1.29, 1.82) is 0 Å². The maximum Gasteiger partial charge on any atom is 0.163 e. The summed E-state index contributed by atoms with van der Waals surface area (Å²) in [5, 5.41) is 0. The highest BCUT2D eigenvalue weighted by Crippen LogP contribution is 2.29. The summed E-state index contributed by atoms with van der Waals surface area (Å²) in [6, 6.07) is 27.1. The number of aryl methyl sites for hydroxylation is 1. The molecule has 3 aromatic carbocycles. The van der Waals surface area contributed by atoms with Crippen LogP contribution in [-0.2, 0) is 0 Å². The predicted octanol–water partition coefficient (Wildman–Crippen LogP) is 6.62. The molecule has 0 fully saturated rings. The number of hydrogen-bond acceptors (Lipinski definition) is 4. The molecule has 1 heterocycles. The maximum atomic E-state index is 12.4. The van der Waals surface area contributed by atoms with E-state index in [1.165, 1.54) is 0 Å². The SMILES string of the molecule is CC(=O)c1c(C)nc(/C=C/c2ccccc2)nc1-c1cccc(Oc2ccccc2)c1. The van der Waals surface area contributed by atoms with Crippen molar-refractivity contribution < 1.29 is 9.53 Å². The molecule has 0 radical (unpaired) electrons. The number of aromatic nitrogens is 2. The second-order valence-corrected chi connectivity index (χ2v) is 7.13. The molecule has 0 saturated carbocycles. The summed E-state index contributed by atoms with van der Waals surface area (Å²) in [5.41, 5.74) is 3.64. The molecular formula is C27H22N2O2. The summed E-state index contributed by atoms with van der Waals surface area (Å²) in [4.78, 5) is 21.6. The lowest BCUT2D eigenvalue weighted by atomic mass is 10.0. The lowest BCUT2D eigenvalue weighted by molar-refractivity contribution is 0.101. The highest BCUT2D eigenvalue weighted by molar-refractivity contribution is 6.01. The first-order valence-corrected chi connectivity index (χ1v) is 10.1. The topological polar surface area (TPSA) is 52.1 Å². The average Bonchev–Trinajstić information content (AvgIpc) is 2.78. The number of carbonyl (C=O) groups excluding carboxylic acids is 1. The van der Waals surface area contributed by atoms with Crippen LogP contribution in [0.5, 0.6) is 11.5 Å². The fourth-order valence-electron chi connectivity index (χ4n) is 3.37. The van der Waals surface area contributed by atoms with Gasteiger partial charge in [0.15, 0.2) is 11.6 Å². The van der Waals surface area contributed by atoms with Crippen LogP contribution in [-0.4, -0.2) is 15.8 Å². The summed E-state index contributed by atoms with van der Waals surface area (Å²) in [6.45, 7) is 3.38. The lowest BCUT2D eigenvalue weighted by Crippen LogP contribution is -2.07. The monoisotopic (exact) mass is 406 g/mol. The van der Waals surface area contributed by atoms with E-state index in [-0.39, 0.29) is 5.78 Å². The second kappa shape index (κ2) is 9.18. The van der Waals surface area contributed by atoms with Crippen molar-refractivity contribution in [1.82, 2.24) is 9.97 Å². The molecule has 0 aliphatic carbocycles. The number of benzene rings is 3. The van der Waals surface area contributed by atoms with Gasteiger partial charge in [-0.15, -0.1) is 0 Å². The second-order valence-electron chi connectivity index (χ2n) is 7.13. The van der Waals surface area contributed by atoms with Crippen LogP contribution < -0.4 is 4.74 Å². The Labute approximate surface area is 181 Å². The summed E-state index contributed by atoms with van der Waals surface area (Å²) in [7, 11) is 0. The molecule has 0 atom stereocenters. The minimum Gasteiger partial charge on any atom is -0.457 e. The van der Waals surface area contributed by atoms with Crippen molar-refractivity contribution in [2.45, 2.75) is 13.8 Å². The predicted molar refractivity (Wildman–Crippen MR) is 124 cm³/mol. The fraction of sp³-hybridized carbons (Fsp3) is 0.0741. The first-order chi connectivity index (χ1) is 15.1. The molecule has 0 N–H and O–H groups in total. The summed E-state index contributed by atoms with van der Waals surface area (Å²) in [5.74, 6) is 1.91. The number of para-hydroxylation sites is 1. The average molecular weight is 406 g/mol. The molecule has 0 saturated heterocycles. The zero-order valence-corrected chi connectivity index (χ0v) is 17.4. The standard InChI is InChI=1S/C27H22N2O2/c1-19-26(20(2)30)27(29-25(28-19)17-16-21-10-5-3-6-11-21)22-12-9-15-24(18-22)31-23-13-7-4-8-14-23/h3-18H,1-2H3/b17-16+. The van der Waals surface area contributed by atoms with Gasteiger partial charge in [0.25, 0.3) is 0 Å². The van der Waals surface area contributed by atoms with Crippen LogP contribution in [0.4, 0.5) is 0 Å². The third kappa shape index (κ3) is 4.93. The molecule has 0 unspecified atom stereocenters. The van der Waals surface area contributed by atoms with Crippen LogP contribution >= 0.6 is 0 Å². The largest absolute Gasteiger partial charge is 0.457 e. The highest BCUT2D eigenvalue weighted by atomic mass is 16.5. The van der Waals surface area contributed by atoms with E-state index in [0.717, 1.165) is 16.9 Å². The number of ketones is 1. The van der Waals surface area contributed by atoms with Gasteiger partial charge in [-0.2, -0.15) is 0 Å². The zero-order valence-electron chi connectivity index (χ0n) is 17.4. The van der Waals surface area contributed by atoms with E-state index in [9.17, 15) is 4.79 Å². The van der Waals surface area contributed by atoms with E-state index in [1.54, 1.807) is 6.92 Å². The van der Waals surface area contributed by atoms with Crippen LogP contribution in [0.1, 0.15) is 34.4 Å². The van der Waals surface area contributed by atoms with Gasteiger partial charge < -0.3 is 4.74 Å². The number of hydrogen-bond donors (Lipinski definition) is 0. The quantitative estimate of drug-likeness (QED) is 0.338. The Balaban J connectivity index is 1.74. The molecule has 152 valence electrons. The Morgan fingerprint density at radius 2 is 1.48 bits per heavy atom. The molecule has 4 nitrogen and oxygen atoms in total. The van der Waals surface area contributed by atoms with Crippen LogP contribution in [0.2, 0.25) is 0 Å². The molecule has 0 bridgehead atoms. The first-order valence-electron chi connectivity index (χ1n) is 10.1. The van der Waals surface area contributed by atoms with Crippen LogP contribution in [0.3, 0.4) is 0 Å². The van der Waals surface area contributed by atoms with Gasteiger partial charge in [-0.05, 0) is 49.8 Å². The normalized spacial score (nSPS) is 10.9. The molecular weight excluding hydrogens is 384 g/mol. The van der Waals surface area contributed by atoms with Gasteiger partial charge in [0, 0.05) is 5.56 Å². The summed E-state index contributed by atoms with van der Waals surface area (Å²) in [6.07, 6.45) is 3.82. The molecule has 0 spiro atoms. The molecule has 0 aliphatic heterocycles. The summed E-state index contributed by atoms with van der Waals surface area (Å²) < 4.78 is 5.96. The van der Waals surface area contributed by atoms with Crippen molar-refractivity contribution in [3.8, 4) is 22.8 Å². The van der Waals surface area contributed by atoms with Crippen molar-refractivity contribution in [3.63, 3.8) is 0 Å². The molecule has 31 heavy (non-hydrogen) atoms. The molecule has 4 aromatic rings. The zero-order chi connectivity index (χ0) is 21.6. The molecule has 0 aliphatic rings. The molecule has 0 amide bonds. The van der Waals surface area contributed by atoms with Crippen molar-refractivity contribution in [3.05, 3.63) is 108 Å². The van der Waals surface area contributed by atoms with Gasteiger partial charge in [0.2, 0.25) is 0 Å². The van der Waals surface area contributed by atoms with Crippen molar-refractivity contribution >= 4 is 17.9 Å².